The maximum Gasteiger partial charge on any atom is 0.256 e. The van der Waals surface area contributed by atoms with Gasteiger partial charge in [0.15, 0.2) is 0 Å². The number of aryl methyl sites for hydroxylation is 1. The van der Waals surface area contributed by atoms with Crippen molar-refractivity contribution in [3.05, 3.63) is 23.5 Å². The molecule has 0 saturated carbocycles. The SMILES string of the molecule is CCNC1CCCc2cn(CC(F)F)cc21. The van der Waals surface area contributed by atoms with Crippen molar-refractivity contribution in [1.29, 1.82) is 0 Å². The number of fused-ring (bicyclic) bond motifs is 1. The molecular weight excluding hydrogens is 210 g/mol. The van der Waals surface area contributed by atoms with E-state index >= 15 is 0 Å². The molecule has 16 heavy (non-hydrogen) atoms. The van der Waals surface area contributed by atoms with Crippen LogP contribution in [0.25, 0.3) is 0 Å². The fourth-order valence-electron chi connectivity index (χ4n) is 2.47. The third-order valence-electron chi connectivity index (χ3n) is 3.11. The molecule has 0 amide bonds. The monoisotopic (exact) mass is 228 g/mol. The molecule has 0 radical (unpaired) electrons. The minimum atomic E-state index is -2.27. The Morgan fingerprint density at radius 3 is 3.00 bits per heavy atom. The molecule has 4 heteroatoms. The Bertz CT molecular complexity index is 347. The molecule has 0 saturated heterocycles. The smallest absolute Gasteiger partial charge is 0.256 e. The second-order valence-corrected chi connectivity index (χ2v) is 4.33. The molecule has 1 heterocycles. The fourth-order valence-corrected chi connectivity index (χ4v) is 2.47. The highest BCUT2D eigenvalue weighted by atomic mass is 19.3. The summed E-state index contributed by atoms with van der Waals surface area (Å²) in [6.07, 6.45) is 4.77. The summed E-state index contributed by atoms with van der Waals surface area (Å²) in [4.78, 5) is 0. The Morgan fingerprint density at radius 2 is 2.31 bits per heavy atom. The van der Waals surface area contributed by atoms with E-state index in [-0.39, 0.29) is 6.54 Å². The van der Waals surface area contributed by atoms with E-state index in [0.717, 1.165) is 25.8 Å². The Balaban J connectivity index is 2.17. The third kappa shape index (κ3) is 2.43. The summed E-state index contributed by atoms with van der Waals surface area (Å²) in [6.45, 7) is 2.81. The minimum Gasteiger partial charge on any atom is -0.348 e. The predicted molar refractivity (Wildman–Crippen MR) is 59.8 cm³/mol. The van der Waals surface area contributed by atoms with Gasteiger partial charge in [-0.3, -0.25) is 0 Å². The van der Waals surface area contributed by atoms with Crippen LogP contribution in [0.1, 0.15) is 36.9 Å². The van der Waals surface area contributed by atoms with Crippen LogP contribution in [0.2, 0.25) is 0 Å². The number of alkyl halides is 2. The first-order valence-corrected chi connectivity index (χ1v) is 5.90. The number of nitrogens with zero attached hydrogens (tertiary/aromatic N) is 1. The lowest BCUT2D eigenvalue weighted by molar-refractivity contribution is 0.126. The van der Waals surface area contributed by atoms with E-state index in [2.05, 4.69) is 12.2 Å². The van der Waals surface area contributed by atoms with Gasteiger partial charge in [0, 0.05) is 18.4 Å². The van der Waals surface area contributed by atoms with Crippen molar-refractivity contribution in [3.63, 3.8) is 0 Å². The normalized spacial score (nSPS) is 20.1. The molecule has 2 nitrogen and oxygen atoms in total. The molecular formula is C12H18F2N2. The Labute approximate surface area is 94.6 Å². The van der Waals surface area contributed by atoms with Crippen molar-refractivity contribution >= 4 is 0 Å². The zero-order valence-electron chi connectivity index (χ0n) is 9.55. The van der Waals surface area contributed by atoms with Gasteiger partial charge in [-0.2, -0.15) is 0 Å². The molecule has 1 aromatic heterocycles. The van der Waals surface area contributed by atoms with Crippen LogP contribution in [-0.4, -0.2) is 17.5 Å². The van der Waals surface area contributed by atoms with E-state index in [9.17, 15) is 8.78 Å². The highest BCUT2D eigenvalue weighted by Gasteiger charge is 2.21. The fraction of sp³-hybridized carbons (Fsp3) is 0.667. The lowest BCUT2D eigenvalue weighted by atomic mass is 9.91. The summed E-state index contributed by atoms with van der Waals surface area (Å²) in [7, 11) is 0. The van der Waals surface area contributed by atoms with Crippen LogP contribution in [0.5, 0.6) is 0 Å². The second kappa shape index (κ2) is 4.95. The average Bonchev–Trinajstić information content (AvgIpc) is 2.60. The van der Waals surface area contributed by atoms with Crippen LogP contribution in [0.4, 0.5) is 8.78 Å². The molecule has 1 atom stereocenters. The summed E-state index contributed by atoms with van der Waals surface area (Å²) < 4.78 is 26.2. The third-order valence-corrected chi connectivity index (χ3v) is 3.11. The highest BCUT2D eigenvalue weighted by molar-refractivity contribution is 5.30. The summed E-state index contributed by atoms with van der Waals surface area (Å²) in [5, 5.41) is 3.41. The van der Waals surface area contributed by atoms with Gasteiger partial charge in [-0.1, -0.05) is 6.92 Å². The van der Waals surface area contributed by atoms with Gasteiger partial charge in [-0.15, -0.1) is 0 Å². The van der Waals surface area contributed by atoms with Crippen molar-refractivity contribution in [2.75, 3.05) is 6.54 Å². The standard InChI is InChI=1S/C12H18F2N2/c1-2-15-11-5-3-4-9-6-16(7-10(9)11)8-12(13)14/h6-7,11-12,15H,2-5,8H2,1H3. The van der Waals surface area contributed by atoms with Crippen molar-refractivity contribution in [1.82, 2.24) is 9.88 Å². The van der Waals surface area contributed by atoms with Gasteiger partial charge in [0.2, 0.25) is 0 Å². The molecule has 1 aliphatic rings. The predicted octanol–water partition coefficient (Wildman–Crippen LogP) is 2.74. The lowest BCUT2D eigenvalue weighted by Crippen LogP contribution is -2.23. The van der Waals surface area contributed by atoms with Crippen LogP contribution in [0.3, 0.4) is 0 Å². The van der Waals surface area contributed by atoms with Crippen LogP contribution < -0.4 is 5.32 Å². The molecule has 2 rings (SSSR count). The molecule has 0 fully saturated rings. The molecule has 0 aromatic carbocycles. The van der Waals surface area contributed by atoms with E-state index in [4.69, 9.17) is 0 Å². The molecule has 0 spiro atoms. The Morgan fingerprint density at radius 1 is 1.50 bits per heavy atom. The lowest BCUT2D eigenvalue weighted by Gasteiger charge is -2.22. The van der Waals surface area contributed by atoms with Gasteiger partial charge in [0.25, 0.3) is 6.43 Å². The van der Waals surface area contributed by atoms with Crippen molar-refractivity contribution < 1.29 is 8.78 Å². The molecule has 1 unspecified atom stereocenters. The number of nitrogens with one attached hydrogen (secondary N) is 1. The number of hydrogen-bond donors (Lipinski definition) is 1. The highest BCUT2D eigenvalue weighted by Crippen LogP contribution is 2.30. The first-order valence-electron chi connectivity index (χ1n) is 5.90. The Kier molecular flexibility index (Phi) is 3.59. The molecule has 1 aliphatic carbocycles. The maximum atomic E-state index is 12.3. The molecule has 0 bridgehead atoms. The van der Waals surface area contributed by atoms with Crippen molar-refractivity contribution in [2.45, 2.75) is 45.2 Å². The number of rotatable bonds is 4. The zero-order valence-corrected chi connectivity index (χ0v) is 9.55. The van der Waals surface area contributed by atoms with Crippen LogP contribution in [0, 0.1) is 0 Å². The van der Waals surface area contributed by atoms with Gasteiger partial charge in [0.05, 0.1) is 6.54 Å². The molecule has 0 aliphatic heterocycles. The van der Waals surface area contributed by atoms with E-state index in [1.807, 2.05) is 12.4 Å². The van der Waals surface area contributed by atoms with Gasteiger partial charge < -0.3 is 9.88 Å². The van der Waals surface area contributed by atoms with Gasteiger partial charge >= 0.3 is 0 Å². The first kappa shape index (κ1) is 11.6. The maximum absolute atomic E-state index is 12.3. The quantitative estimate of drug-likeness (QED) is 0.838. The van der Waals surface area contributed by atoms with Gasteiger partial charge in [-0.05, 0) is 36.9 Å². The number of aromatic nitrogens is 1. The summed E-state index contributed by atoms with van der Waals surface area (Å²) >= 11 is 0. The topological polar surface area (TPSA) is 17.0 Å². The first-order chi connectivity index (χ1) is 7.70. The average molecular weight is 228 g/mol. The van der Waals surface area contributed by atoms with Crippen molar-refractivity contribution in [2.24, 2.45) is 0 Å². The summed E-state index contributed by atoms with van der Waals surface area (Å²) in [6, 6.07) is 0.354. The largest absolute Gasteiger partial charge is 0.348 e. The molecule has 90 valence electrons. The Hall–Kier alpha value is -0.900. The van der Waals surface area contributed by atoms with Crippen LogP contribution in [0.15, 0.2) is 12.4 Å². The number of hydrogen-bond acceptors (Lipinski definition) is 1. The molecule has 1 aromatic rings. The van der Waals surface area contributed by atoms with E-state index < -0.39 is 6.43 Å². The van der Waals surface area contributed by atoms with E-state index in [1.54, 1.807) is 4.57 Å². The summed E-state index contributed by atoms with van der Waals surface area (Å²) in [5.74, 6) is 0. The minimum absolute atomic E-state index is 0.189. The van der Waals surface area contributed by atoms with E-state index in [0.29, 0.717) is 6.04 Å². The molecule has 1 N–H and O–H groups in total. The van der Waals surface area contributed by atoms with Crippen LogP contribution >= 0.6 is 0 Å². The number of halogens is 2. The van der Waals surface area contributed by atoms with Gasteiger partial charge in [0.1, 0.15) is 0 Å². The van der Waals surface area contributed by atoms with Crippen molar-refractivity contribution in [3.8, 4) is 0 Å². The summed E-state index contributed by atoms with van der Waals surface area (Å²) in [5.41, 5.74) is 2.45. The van der Waals surface area contributed by atoms with Gasteiger partial charge in [-0.25, -0.2) is 8.78 Å². The van der Waals surface area contributed by atoms with E-state index in [1.165, 1.54) is 11.1 Å². The second-order valence-electron chi connectivity index (χ2n) is 4.33. The zero-order chi connectivity index (χ0) is 11.5. The van der Waals surface area contributed by atoms with Crippen LogP contribution in [-0.2, 0) is 13.0 Å².